The molecule has 6 nitrogen and oxygen atoms in total. The Balaban J connectivity index is 1.36. The minimum Gasteiger partial charge on any atom is -0.361 e. The topological polar surface area (TPSA) is 58.3 Å². The van der Waals surface area contributed by atoms with Gasteiger partial charge in [0.25, 0.3) is 0 Å². The molecule has 1 aliphatic carbocycles. The van der Waals surface area contributed by atoms with Gasteiger partial charge in [-0.3, -0.25) is 4.90 Å². The molecule has 1 atom stereocenters. The van der Waals surface area contributed by atoms with Crippen LogP contribution in [-0.4, -0.2) is 46.2 Å². The molecular weight excluding hydrogens is 370 g/mol. The second-order valence-corrected chi connectivity index (χ2v) is 9.38. The highest BCUT2D eigenvalue weighted by Gasteiger charge is 2.27. The number of aryl methyl sites for hydroxylation is 3. The van der Waals surface area contributed by atoms with Crippen molar-refractivity contribution < 1.29 is 4.52 Å². The minimum absolute atomic E-state index is 0.782. The van der Waals surface area contributed by atoms with Crippen LogP contribution < -0.4 is 4.90 Å². The first-order valence-corrected chi connectivity index (χ1v) is 11.1. The molecule has 0 amide bonds. The SMILES string of the molecule is Cc1noc(C)c1CN1CCN(c2ncnc3sc4c(c23)CC[C@H](C)C4)CC1. The van der Waals surface area contributed by atoms with Gasteiger partial charge in [0.1, 0.15) is 22.7 Å². The van der Waals surface area contributed by atoms with Crippen LogP contribution in [0.4, 0.5) is 5.82 Å². The van der Waals surface area contributed by atoms with Crippen LogP contribution in [-0.2, 0) is 19.4 Å². The molecule has 0 saturated carbocycles. The maximum Gasteiger partial charge on any atom is 0.141 e. The van der Waals surface area contributed by atoms with Gasteiger partial charge in [0, 0.05) is 43.2 Å². The van der Waals surface area contributed by atoms with Crippen molar-refractivity contribution in [2.45, 2.75) is 46.6 Å². The number of hydrogen-bond acceptors (Lipinski definition) is 7. The van der Waals surface area contributed by atoms with Gasteiger partial charge in [-0.25, -0.2) is 9.97 Å². The summed E-state index contributed by atoms with van der Waals surface area (Å²) >= 11 is 1.88. The van der Waals surface area contributed by atoms with Gasteiger partial charge in [-0.05, 0) is 44.6 Å². The van der Waals surface area contributed by atoms with Gasteiger partial charge in [0.05, 0.1) is 11.1 Å². The van der Waals surface area contributed by atoms with Crippen LogP contribution in [0.3, 0.4) is 0 Å². The van der Waals surface area contributed by atoms with Gasteiger partial charge >= 0.3 is 0 Å². The van der Waals surface area contributed by atoms with Gasteiger partial charge in [-0.1, -0.05) is 12.1 Å². The Labute approximate surface area is 169 Å². The first-order chi connectivity index (χ1) is 13.6. The second kappa shape index (κ2) is 7.12. The van der Waals surface area contributed by atoms with E-state index < -0.39 is 0 Å². The van der Waals surface area contributed by atoms with Crippen molar-refractivity contribution in [2.24, 2.45) is 5.92 Å². The quantitative estimate of drug-likeness (QED) is 0.671. The van der Waals surface area contributed by atoms with E-state index in [1.807, 2.05) is 25.2 Å². The largest absolute Gasteiger partial charge is 0.361 e. The van der Waals surface area contributed by atoms with E-state index >= 15 is 0 Å². The van der Waals surface area contributed by atoms with Crippen molar-refractivity contribution in [1.29, 1.82) is 0 Å². The van der Waals surface area contributed by atoms with E-state index in [4.69, 9.17) is 9.51 Å². The van der Waals surface area contributed by atoms with E-state index in [0.29, 0.717) is 0 Å². The molecule has 0 N–H and O–H groups in total. The van der Waals surface area contributed by atoms with Gasteiger partial charge in [-0.15, -0.1) is 11.3 Å². The van der Waals surface area contributed by atoms with Crippen LogP contribution in [0.1, 0.15) is 40.8 Å². The highest BCUT2D eigenvalue weighted by Crippen LogP contribution is 2.40. The Bertz CT molecular complexity index is 982. The minimum atomic E-state index is 0.782. The van der Waals surface area contributed by atoms with Crippen molar-refractivity contribution in [3.05, 3.63) is 33.8 Å². The summed E-state index contributed by atoms with van der Waals surface area (Å²) < 4.78 is 5.32. The molecule has 3 aromatic heterocycles. The molecule has 1 fully saturated rings. The fourth-order valence-corrected chi connectivity index (χ4v) is 5.91. The summed E-state index contributed by atoms with van der Waals surface area (Å²) in [5, 5.41) is 5.42. The highest BCUT2D eigenvalue weighted by atomic mass is 32.1. The number of piperazine rings is 1. The molecule has 0 bridgehead atoms. The van der Waals surface area contributed by atoms with Gasteiger partial charge in [0.15, 0.2) is 0 Å². The summed E-state index contributed by atoms with van der Waals surface area (Å²) in [6, 6.07) is 0. The lowest BCUT2D eigenvalue weighted by Crippen LogP contribution is -2.46. The maximum absolute atomic E-state index is 5.32. The fraction of sp³-hybridized carbons (Fsp3) is 0.571. The van der Waals surface area contributed by atoms with E-state index in [-0.39, 0.29) is 0 Å². The normalized spacial score (nSPS) is 20.7. The molecule has 5 rings (SSSR count). The molecule has 0 aromatic carbocycles. The highest BCUT2D eigenvalue weighted by molar-refractivity contribution is 7.19. The van der Waals surface area contributed by atoms with E-state index in [2.05, 4.69) is 26.9 Å². The summed E-state index contributed by atoms with van der Waals surface area (Å²) in [7, 11) is 0. The summed E-state index contributed by atoms with van der Waals surface area (Å²) in [5.41, 5.74) is 3.77. The summed E-state index contributed by atoms with van der Waals surface area (Å²) in [5.74, 6) is 2.87. The molecule has 2 aliphatic rings. The number of fused-ring (bicyclic) bond motifs is 3. The van der Waals surface area contributed by atoms with E-state index in [1.165, 1.54) is 45.5 Å². The van der Waals surface area contributed by atoms with Crippen molar-refractivity contribution in [3.63, 3.8) is 0 Å². The smallest absolute Gasteiger partial charge is 0.141 e. The van der Waals surface area contributed by atoms with Crippen LogP contribution in [0.2, 0.25) is 0 Å². The molecule has 28 heavy (non-hydrogen) atoms. The van der Waals surface area contributed by atoms with Gasteiger partial charge < -0.3 is 9.42 Å². The predicted octanol–water partition coefficient (Wildman–Crippen LogP) is 3.74. The summed E-state index contributed by atoms with van der Waals surface area (Å²) in [6.45, 7) is 11.4. The van der Waals surface area contributed by atoms with Crippen LogP contribution in [0.25, 0.3) is 10.2 Å². The number of hydrogen-bond donors (Lipinski definition) is 0. The number of thiophene rings is 1. The van der Waals surface area contributed by atoms with Crippen LogP contribution >= 0.6 is 11.3 Å². The molecule has 148 valence electrons. The molecule has 4 heterocycles. The molecule has 0 spiro atoms. The molecule has 7 heteroatoms. The third-order valence-corrected chi connectivity index (χ3v) is 7.47. The van der Waals surface area contributed by atoms with Gasteiger partial charge in [-0.2, -0.15) is 0 Å². The number of rotatable bonds is 3. The number of aromatic nitrogens is 3. The Morgan fingerprint density at radius 1 is 1.18 bits per heavy atom. The molecule has 3 aromatic rings. The Kier molecular flexibility index (Phi) is 4.59. The van der Waals surface area contributed by atoms with Crippen LogP contribution in [0, 0.1) is 19.8 Å². The van der Waals surface area contributed by atoms with E-state index in [0.717, 1.165) is 55.9 Å². The standard InChI is InChI=1S/C21H27N5OS/c1-13-4-5-16-18(10-13)28-21-19(16)20(22-12-23-21)26-8-6-25(7-9-26)11-17-14(2)24-27-15(17)3/h12-13H,4-11H2,1-3H3/t13-/m0/s1. The second-order valence-electron chi connectivity index (χ2n) is 8.30. The third-order valence-electron chi connectivity index (χ3n) is 6.31. The lowest BCUT2D eigenvalue weighted by molar-refractivity contribution is 0.247. The van der Waals surface area contributed by atoms with E-state index in [9.17, 15) is 0 Å². The van der Waals surface area contributed by atoms with Gasteiger partial charge in [0.2, 0.25) is 0 Å². The van der Waals surface area contributed by atoms with E-state index in [1.54, 1.807) is 6.33 Å². The summed E-state index contributed by atoms with van der Waals surface area (Å²) in [4.78, 5) is 17.0. The molecule has 1 aliphatic heterocycles. The zero-order valence-corrected chi connectivity index (χ0v) is 17.7. The fourth-order valence-electron chi connectivity index (χ4n) is 4.57. The number of anilines is 1. The lowest BCUT2D eigenvalue weighted by Gasteiger charge is -2.35. The molecule has 0 unspecified atom stereocenters. The Hall–Kier alpha value is -1.99. The maximum atomic E-state index is 5.32. The number of nitrogens with zero attached hydrogens (tertiary/aromatic N) is 5. The average molecular weight is 398 g/mol. The van der Waals surface area contributed by atoms with Crippen LogP contribution in [0.5, 0.6) is 0 Å². The third kappa shape index (κ3) is 3.10. The van der Waals surface area contributed by atoms with Crippen LogP contribution in [0.15, 0.2) is 10.9 Å². The Morgan fingerprint density at radius 3 is 2.75 bits per heavy atom. The van der Waals surface area contributed by atoms with Crippen molar-refractivity contribution in [1.82, 2.24) is 20.0 Å². The van der Waals surface area contributed by atoms with Crippen molar-refractivity contribution >= 4 is 27.4 Å². The Morgan fingerprint density at radius 2 is 2.00 bits per heavy atom. The zero-order valence-electron chi connectivity index (χ0n) is 16.9. The molecule has 1 saturated heterocycles. The lowest BCUT2D eigenvalue weighted by atomic mass is 9.89. The molecule has 0 radical (unpaired) electrons. The molecular formula is C21H27N5OS. The monoisotopic (exact) mass is 397 g/mol. The first-order valence-electron chi connectivity index (χ1n) is 10.2. The first kappa shape index (κ1) is 18.1. The predicted molar refractivity (Wildman–Crippen MR) is 112 cm³/mol. The average Bonchev–Trinajstić information content (AvgIpc) is 3.22. The zero-order chi connectivity index (χ0) is 19.3. The van der Waals surface area contributed by atoms with Crippen molar-refractivity contribution in [3.8, 4) is 0 Å². The summed E-state index contributed by atoms with van der Waals surface area (Å²) in [6.07, 6.45) is 5.39. The van der Waals surface area contributed by atoms with Crippen molar-refractivity contribution in [2.75, 3.05) is 31.1 Å².